The van der Waals surface area contributed by atoms with Gasteiger partial charge in [0.2, 0.25) is 0 Å². The summed E-state index contributed by atoms with van der Waals surface area (Å²) in [5.41, 5.74) is 0.839. The summed E-state index contributed by atoms with van der Waals surface area (Å²) in [6.45, 7) is 3.58. The van der Waals surface area contributed by atoms with Crippen LogP contribution in [0.1, 0.15) is 27.3 Å². The van der Waals surface area contributed by atoms with E-state index in [2.05, 4.69) is 5.10 Å². The Balaban J connectivity index is 2.54. The third-order valence-corrected chi connectivity index (χ3v) is 3.70. The van der Waals surface area contributed by atoms with Gasteiger partial charge in [-0.15, -0.1) is 0 Å². The van der Waals surface area contributed by atoms with Crippen molar-refractivity contribution in [3.8, 4) is 0 Å². The van der Waals surface area contributed by atoms with Crippen molar-refractivity contribution in [3.63, 3.8) is 0 Å². The summed E-state index contributed by atoms with van der Waals surface area (Å²) in [6.07, 6.45) is 0. The summed E-state index contributed by atoms with van der Waals surface area (Å²) in [5.74, 6) is -1.34. The number of aromatic carboxylic acids is 1. The van der Waals surface area contributed by atoms with Gasteiger partial charge in [-0.2, -0.15) is 5.10 Å². The number of hydrogen-bond donors (Lipinski definition) is 1. The van der Waals surface area contributed by atoms with Gasteiger partial charge >= 0.3 is 5.97 Å². The number of nitro benzene ring substituents is 1. The lowest BCUT2D eigenvalue weighted by Crippen LogP contribution is -2.11. The van der Waals surface area contributed by atoms with Crippen LogP contribution in [0.4, 0.5) is 5.69 Å². The van der Waals surface area contributed by atoms with Crippen molar-refractivity contribution in [2.45, 2.75) is 20.4 Å². The number of halogens is 1. The molecule has 2 rings (SSSR count). The SMILES string of the molecule is Cc1nn(Cc2cccc([N+](=O)[O-])c2C(=O)O)c(C)c1Cl. The average molecular weight is 310 g/mol. The lowest BCUT2D eigenvalue weighted by Gasteiger charge is -2.08. The molecule has 0 radical (unpaired) electrons. The standard InChI is InChI=1S/C13H12ClN3O4/c1-7-12(14)8(2)16(15-7)6-9-4-3-5-10(17(20)21)11(9)13(18)19/h3-5H,6H2,1-2H3,(H,18,19). The molecule has 1 N–H and O–H groups in total. The Hall–Kier alpha value is -2.41. The van der Waals surface area contributed by atoms with Gasteiger partial charge in [-0.1, -0.05) is 23.7 Å². The number of nitrogens with zero attached hydrogens (tertiary/aromatic N) is 3. The molecular formula is C13H12ClN3O4. The first-order chi connectivity index (χ1) is 9.82. The minimum Gasteiger partial charge on any atom is -0.477 e. The molecular weight excluding hydrogens is 298 g/mol. The van der Waals surface area contributed by atoms with Crippen LogP contribution in [0.5, 0.6) is 0 Å². The fourth-order valence-corrected chi connectivity index (χ4v) is 2.24. The first kappa shape index (κ1) is 15.0. The largest absolute Gasteiger partial charge is 0.477 e. The van der Waals surface area contributed by atoms with E-state index in [9.17, 15) is 20.0 Å². The van der Waals surface area contributed by atoms with Gasteiger partial charge < -0.3 is 5.11 Å². The first-order valence-electron chi connectivity index (χ1n) is 6.02. The molecule has 0 bridgehead atoms. The van der Waals surface area contributed by atoms with Crippen molar-refractivity contribution in [1.29, 1.82) is 0 Å². The summed E-state index contributed by atoms with van der Waals surface area (Å²) in [7, 11) is 0. The molecule has 0 aliphatic carbocycles. The zero-order chi connectivity index (χ0) is 15.7. The molecule has 7 nitrogen and oxygen atoms in total. The topological polar surface area (TPSA) is 98.3 Å². The van der Waals surface area contributed by atoms with Crippen molar-refractivity contribution >= 4 is 23.3 Å². The molecule has 8 heteroatoms. The maximum atomic E-state index is 11.3. The summed E-state index contributed by atoms with van der Waals surface area (Å²) in [5, 5.41) is 24.9. The normalized spacial score (nSPS) is 10.6. The fourth-order valence-electron chi connectivity index (χ4n) is 2.11. The average Bonchev–Trinajstić information content (AvgIpc) is 2.65. The van der Waals surface area contributed by atoms with E-state index in [4.69, 9.17) is 11.6 Å². The van der Waals surface area contributed by atoms with Crippen molar-refractivity contribution in [3.05, 3.63) is 55.9 Å². The van der Waals surface area contributed by atoms with Crippen LogP contribution in [0.15, 0.2) is 18.2 Å². The second kappa shape index (κ2) is 5.53. The third-order valence-electron chi connectivity index (χ3n) is 3.15. The van der Waals surface area contributed by atoms with Gasteiger partial charge in [-0.05, 0) is 19.4 Å². The lowest BCUT2D eigenvalue weighted by atomic mass is 10.1. The Labute approximate surface area is 124 Å². The van der Waals surface area contributed by atoms with Gasteiger partial charge in [-0.25, -0.2) is 4.79 Å². The van der Waals surface area contributed by atoms with Crippen LogP contribution in [0.3, 0.4) is 0 Å². The predicted octanol–water partition coefficient (Wildman–Crippen LogP) is 2.81. The van der Waals surface area contributed by atoms with Crippen molar-refractivity contribution in [2.75, 3.05) is 0 Å². The monoisotopic (exact) mass is 309 g/mol. The van der Waals surface area contributed by atoms with Crippen LogP contribution < -0.4 is 0 Å². The molecule has 0 saturated carbocycles. The zero-order valence-electron chi connectivity index (χ0n) is 11.3. The smallest absolute Gasteiger partial charge is 0.343 e. The molecule has 0 spiro atoms. The number of carbonyl (C=O) groups is 1. The van der Waals surface area contributed by atoms with Gasteiger partial charge in [-0.3, -0.25) is 14.8 Å². The molecule has 0 aliphatic heterocycles. The highest BCUT2D eigenvalue weighted by molar-refractivity contribution is 6.31. The van der Waals surface area contributed by atoms with Crippen LogP contribution in [0.25, 0.3) is 0 Å². The molecule has 1 aromatic heterocycles. The highest BCUT2D eigenvalue weighted by Gasteiger charge is 2.24. The number of hydrogen-bond acceptors (Lipinski definition) is 4. The number of carboxylic acid groups (broad SMARTS) is 1. The van der Waals surface area contributed by atoms with E-state index in [1.807, 2.05) is 0 Å². The molecule has 110 valence electrons. The molecule has 2 aromatic rings. The van der Waals surface area contributed by atoms with E-state index in [1.54, 1.807) is 13.8 Å². The van der Waals surface area contributed by atoms with Crippen molar-refractivity contribution < 1.29 is 14.8 Å². The maximum Gasteiger partial charge on any atom is 0.343 e. The maximum absolute atomic E-state index is 11.3. The number of nitro groups is 1. The number of aryl methyl sites for hydroxylation is 1. The Morgan fingerprint density at radius 2 is 2.14 bits per heavy atom. The molecule has 0 unspecified atom stereocenters. The Morgan fingerprint density at radius 1 is 1.48 bits per heavy atom. The first-order valence-corrected chi connectivity index (χ1v) is 6.39. The minimum atomic E-state index is -1.34. The lowest BCUT2D eigenvalue weighted by molar-refractivity contribution is -0.385. The van der Waals surface area contributed by atoms with Crippen LogP contribution in [-0.4, -0.2) is 25.8 Å². The van der Waals surface area contributed by atoms with Crippen LogP contribution >= 0.6 is 11.6 Å². The summed E-state index contributed by atoms with van der Waals surface area (Å²) >= 11 is 6.04. The molecule has 0 aliphatic rings. The van der Waals surface area contributed by atoms with Crippen LogP contribution in [-0.2, 0) is 6.54 Å². The van der Waals surface area contributed by atoms with Gasteiger partial charge in [0.15, 0.2) is 0 Å². The molecule has 1 heterocycles. The third kappa shape index (κ3) is 2.73. The number of carboxylic acids is 1. The summed E-state index contributed by atoms with van der Waals surface area (Å²) in [6, 6.07) is 4.15. The Kier molecular flexibility index (Phi) is 3.95. The summed E-state index contributed by atoms with van der Waals surface area (Å²) < 4.78 is 1.53. The minimum absolute atomic E-state index is 0.0999. The molecule has 0 fully saturated rings. The van der Waals surface area contributed by atoms with Gasteiger partial charge in [0.05, 0.1) is 27.9 Å². The van der Waals surface area contributed by atoms with Gasteiger partial charge in [0, 0.05) is 6.07 Å². The second-order valence-corrected chi connectivity index (χ2v) is 4.89. The van der Waals surface area contributed by atoms with Gasteiger partial charge in [0.25, 0.3) is 5.69 Å². The number of rotatable bonds is 4. The van der Waals surface area contributed by atoms with E-state index in [1.165, 1.54) is 22.9 Å². The number of benzene rings is 1. The predicted molar refractivity (Wildman–Crippen MR) is 75.9 cm³/mol. The Morgan fingerprint density at radius 3 is 2.62 bits per heavy atom. The van der Waals surface area contributed by atoms with Crippen LogP contribution in [0, 0.1) is 24.0 Å². The highest BCUT2D eigenvalue weighted by Crippen LogP contribution is 2.25. The van der Waals surface area contributed by atoms with E-state index < -0.39 is 16.6 Å². The Bertz CT molecular complexity index is 739. The zero-order valence-corrected chi connectivity index (χ0v) is 12.1. The molecule has 0 amide bonds. The fraction of sp³-hybridized carbons (Fsp3) is 0.231. The van der Waals surface area contributed by atoms with Crippen molar-refractivity contribution in [2.24, 2.45) is 0 Å². The van der Waals surface area contributed by atoms with E-state index in [0.717, 1.165) is 0 Å². The van der Waals surface area contributed by atoms with Gasteiger partial charge in [0.1, 0.15) is 5.56 Å². The molecule has 0 atom stereocenters. The van der Waals surface area contributed by atoms with Crippen molar-refractivity contribution in [1.82, 2.24) is 9.78 Å². The quantitative estimate of drug-likeness (QED) is 0.691. The van der Waals surface area contributed by atoms with E-state index in [0.29, 0.717) is 22.0 Å². The molecule has 21 heavy (non-hydrogen) atoms. The molecule has 0 saturated heterocycles. The van der Waals surface area contributed by atoms with Crippen LogP contribution in [0.2, 0.25) is 5.02 Å². The molecule has 1 aromatic carbocycles. The highest BCUT2D eigenvalue weighted by atomic mass is 35.5. The van der Waals surface area contributed by atoms with E-state index in [-0.39, 0.29) is 12.1 Å². The summed E-state index contributed by atoms with van der Waals surface area (Å²) in [4.78, 5) is 21.6. The second-order valence-electron chi connectivity index (χ2n) is 4.52. The van der Waals surface area contributed by atoms with E-state index >= 15 is 0 Å². The number of aromatic nitrogens is 2.